The summed E-state index contributed by atoms with van der Waals surface area (Å²) in [6.07, 6.45) is -4.72. The highest BCUT2D eigenvalue weighted by molar-refractivity contribution is 9.11. The highest BCUT2D eigenvalue weighted by Gasteiger charge is 2.33. The van der Waals surface area contributed by atoms with Gasteiger partial charge in [-0.2, -0.15) is 0 Å². The predicted molar refractivity (Wildman–Crippen MR) is 51.1 cm³/mol. The monoisotopic (exact) mass is 333 g/mol. The van der Waals surface area contributed by atoms with Gasteiger partial charge in [0, 0.05) is 5.69 Å². The Hall–Kier alpha value is -0.300. The molecule has 0 saturated heterocycles. The molecule has 0 radical (unpaired) electrons. The van der Waals surface area contributed by atoms with E-state index >= 15 is 0 Å². The van der Waals surface area contributed by atoms with Crippen LogP contribution in [0.1, 0.15) is 5.69 Å². The molecule has 14 heavy (non-hydrogen) atoms. The Balaban J connectivity index is 3.09. The van der Waals surface area contributed by atoms with Gasteiger partial charge in [0.2, 0.25) is 0 Å². The Labute approximate surface area is 94.7 Å². The number of ether oxygens (including phenoxy) is 1. The number of aryl methyl sites for hydroxylation is 1. The van der Waals surface area contributed by atoms with Gasteiger partial charge >= 0.3 is 6.36 Å². The van der Waals surface area contributed by atoms with E-state index in [-0.39, 0.29) is 14.8 Å². The topological polar surface area (TPSA) is 22.1 Å². The number of hydrogen-bond acceptors (Lipinski definition) is 2. The van der Waals surface area contributed by atoms with E-state index < -0.39 is 6.36 Å². The first-order chi connectivity index (χ1) is 6.29. The summed E-state index contributed by atoms with van der Waals surface area (Å²) in [6, 6.07) is 1.44. The Morgan fingerprint density at radius 1 is 1.36 bits per heavy atom. The normalized spacial score (nSPS) is 11.6. The fraction of sp³-hybridized carbons (Fsp3) is 0.286. The number of nitrogens with zero attached hydrogens (tertiary/aromatic N) is 1. The van der Waals surface area contributed by atoms with E-state index in [2.05, 4.69) is 41.6 Å². The Kier molecular flexibility index (Phi) is 3.41. The Morgan fingerprint density at radius 3 is 2.36 bits per heavy atom. The van der Waals surface area contributed by atoms with Gasteiger partial charge in [-0.1, -0.05) is 0 Å². The van der Waals surface area contributed by atoms with Crippen molar-refractivity contribution in [1.29, 1.82) is 0 Å². The van der Waals surface area contributed by atoms with E-state index in [1.807, 2.05) is 0 Å². The first-order valence-corrected chi connectivity index (χ1v) is 4.96. The lowest BCUT2D eigenvalue weighted by Crippen LogP contribution is -2.18. The third-order valence-corrected chi connectivity index (χ3v) is 2.36. The van der Waals surface area contributed by atoms with Gasteiger partial charge in [0.05, 0.1) is 4.47 Å². The number of halogens is 5. The third-order valence-electron chi connectivity index (χ3n) is 1.23. The second-order valence-electron chi connectivity index (χ2n) is 2.41. The molecule has 1 rings (SSSR count). The average Bonchev–Trinajstić information content (AvgIpc) is 1.95. The molecule has 0 amide bonds. The largest absolute Gasteiger partial charge is 0.573 e. The van der Waals surface area contributed by atoms with Gasteiger partial charge in [-0.05, 0) is 44.8 Å². The van der Waals surface area contributed by atoms with Crippen LogP contribution in [-0.2, 0) is 0 Å². The number of aromatic nitrogens is 1. The first-order valence-electron chi connectivity index (χ1n) is 3.38. The maximum atomic E-state index is 11.9. The molecule has 0 fully saturated rings. The van der Waals surface area contributed by atoms with Crippen LogP contribution in [0.5, 0.6) is 5.75 Å². The molecule has 0 N–H and O–H groups in total. The van der Waals surface area contributed by atoms with Crippen molar-refractivity contribution in [2.75, 3.05) is 0 Å². The molecule has 7 heteroatoms. The average molecular weight is 335 g/mol. The molecule has 0 aliphatic carbocycles. The van der Waals surface area contributed by atoms with E-state index in [1.165, 1.54) is 6.07 Å². The zero-order chi connectivity index (χ0) is 10.9. The molecule has 78 valence electrons. The Morgan fingerprint density at radius 2 is 1.93 bits per heavy atom. The van der Waals surface area contributed by atoms with Crippen molar-refractivity contribution in [1.82, 2.24) is 4.98 Å². The SMILES string of the molecule is Cc1cc(Br)c(OC(F)(F)F)c(Br)n1. The molecule has 0 saturated carbocycles. The standard InChI is InChI=1S/C7H4Br2F3NO/c1-3-2-4(8)5(6(9)13-3)14-7(10,11)12/h2H,1H3. The van der Waals surface area contributed by atoms with Crippen molar-refractivity contribution >= 4 is 31.9 Å². The first kappa shape index (κ1) is 11.8. The van der Waals surface area contributed by atoms with Crippen molar-refractivity contribution < 1.29 is 17.9 Å². The van der Waals surface area contributed by atoms with Crippen LogP contribution in [0.25, 0.3) is 0 Å². The van der Waals surface area contributed by atoms with Gasteiger partial charge in [0.1, 0.15) is 4.60 Å². The molecule has 1 aromatic rings. The number of pyridine rings is 1. The summed E-state index contributed by atoms with van der Waals surface area (Å²) in [6.45, 7) is 1.66. The van der Waals surface area contributed by atoms with Crippen LogP contribution in [0.2, 0.25) is 0 Å². The van der Waals surface area contributed by atoms with Crippen molar-refractivity contribution in [3.05, 3.63) is 20.8 Å². The molecule has 1 aromatic heterocycles. The lowest BCUT2D eigenvalue weighted by Gasteiger charge is -2.11. The lowest BCUT2D eigenvalue weighted by atomic mass is 10.4. The molecule has 0 aliphatic rings. The summed E-state index contributed by atoms with van der Waals surface area (Å²) in [5.74, 6) is -0.372. The minimum Gasteiger partial charge on any atom is -0.402 e. The van der Waals surface area contributed by atoms with Gasteiger partial charge < -0.3 is 4.74 Å². The van der Waals surface area contributed by atoms with Gasteiger partial charge in [0.15, 0.2) is 5.75 Å². The van der Waals surface area contributed by atoms with Crippen LogP contribution in [0, 0.1) is 6.92 Å². The highest BCUT2D eigenvalue weighted by Crippen LogP contribution is 2.36. The van der Waals surface area contributed by atoms with Crippen molar-refractivity contribution in [3.63, 3.8) is 0 Å². The van der Waals surface area contributed by atoms with Crippen LogP contribution in [0.4, 0.5) is 13.2 Å². The van der Waals surface area contributed by atoms with Crippen molar-refractivity contribution in [3.8, 4) is 5.75 Å². The fourth-order valence-electron chi connectivity index (χ4n) is 0.792. The maximum absolute atomic E-state index is 11.9. The maximum Gasteiger partial charge on any atom is 0.573 e. The van der Waals surface area contributed by atoms with Crippen molar-refractivity contribution in [2.45, 2.75) is 13.3 Å². The number of hydrogen-bond donors (Lipinski definition) is 0. The minimum absolute atomic E-state index is 0.0155. The molecule has 0 aromatic carbocycles. The number of alkyl halides is 3. The quantitative estimate of drug-likeness (QED) is 0.728. The van der Waals surface area contributed by atoms with Gasteiger partial charge in [0.25, 0.3) is 0 Å². The second kappa shape index (κ2) is 4.06. The molecular weight excluding hydrogens is 331 g/mol. The van der Waals surface area contributed by atoms with E-state index in [0.29, 0.717) is 5.69 Å². The van der Waals surface area contributed by atoms with Crippen LogP contribution in [0.3, 0.4) is 0 Å². The molecule has 1 heterocycles. The molecule has 0 unspecified atom stereocenters. The summed E-state index contributed by atoms with van der Waals surface area (Å²) in [4.78, 5) is 3.78. The summed E-state index contributed by atoms with van der Waals surface area (Å²) in [5, 5.41) is 0. The van der Waals surface area contributed by atoms with Crippen LogP contribution >= 0.6 is 31.9 Å². The van der Waals surface area contributed by atoms with Crippen LogP contribution in [0.15, 0.2) is 15.1 Å². The molecule has 0 bridgehead atoms. The van der Waals surface area contributed by atoms with E-state index in [1.54, 1.807) is 6.92 Å². The lowest BCUT2D eigenvalue weighted by molar-refractivity contribution is -0.275. The minimum atomic E-state index is -4.72. The summed E-state index contributed by atoms with van der Waals surface area (Å²) in [5.41, 5.74) is 0.582. The van der Waals surface area contributed by atoms with Crippen molar-refractivity contribution in [2.24, 2.45) is 0 Å². The molecule has 2 nitrogen and oxygen atoms in total. The zero-order valence-corrected chi connectivity index (χ0v) is 9.99. The van der Waals surface area contributed by atoms with Crippen LogP contribution in [-0.4, -0.2) is 11.3 Å². The molecule has 0 spiro atoms. The Bertz CT molecular complexity index is 330. The molecular formula is C7H4Br2F3NO. The van der Waals surface area contributed by atoms with E-state index in [4.69, 9.17) is 0 Å². The summed E-state index contributed by atoms with van der Waals surface area (Å²) in [7, 11) is 0. The zero-order valence-electron chi connectivity index (χ0n) is 6.82. The smallest absolute Gasteiger partial charge is 0.402 e. The highest BCUT2D eigenvalue weighted by atomic mass is 79.9. The van der Waals surface area contributed by atoms with E-state index in [9.17, 15) is 13.2 Å². The molecule has 0 aliphatic heterocycles. The summed E-state index contributed by atoms with van der Waals surface area (Å²) >= 11 is 5.84. The fourth-order valence-corrected chi connectivity index (χ4v) is 2.23. The summed E-state index contributed by atoms with van der Waals surface area (Å²) < 4.78 is 39.7. The van der Waals surface area contributed by atoms with E-state index in [0.717, 1.165) is 0 Å². The third kappa shape index (κ3) is 3.13. The van der Waals surface area contributed by atoms with Gasteiger partial charge in [-0.3, -0.25) is 0 Å². The molecule has 0 atom stereocenters. The number of rotatable bonds is 1. The second-order valence-corrected chi connectivity index (χ2v) is 4.02. The van der Waals surface area contributed by atoms with Gasteiger partial charge in [-0.25, -0.2) is 4.98 Å². The predicted octanol–water partition coefficient (Wildman–Crippen LogP) is 3.81. The van der Waals surface area contributed by atoms with Crippen LogP contribution < -0.4 is 4.74 Å². The van der Waals surface area contributed by atoms with Gasteiger partial charge in [-0.15, -0.1) is 13.2 Å².